The molecule has 1 fully saturated rings. The zero-order valence-corrected chi connectivity index (χ0v) is 12.8. The molecule has 0 aliphatic carbocycles. The molecule has 4 heteroatoms. The molecule has 0 aromatic heterocycles. The largest absolute Gasteiger partial charge is 0.312 e. The van der Waals surface area contributed by atoms with Crippen LogP contribution in [-0.4, -0.2) is 56.6 Å². The number of halogens is 1. The number of likely N-dealkylation sites (tertiary alicyclic amines) is 1. The average molecular weight is 279 g/mol. The van der Waals surface area contributed by atoms with Crippen molar-refractivity contribution in [2.75, 3.05) is 40.8 Å². The molecule has 0 bridgehead atoms. The second kappa shape index (κ2) is 7.16. The lowest BCUT2D eigenvalue weighted by Gasteiger charge is -2.37. The van der Waals surface area contributed by atoms with Gasteiger partial charge in [0, 0.05) is 30.7 Å². The van der Waals surface area contributed by atoms with Crippen LogP contribution >= 0.6 is 0 Å². The van der Waals surface area contributed by atoms with Crippen LogP contribution in [0.3, 0.4) is 0 Å². The van der Waals surface area contributed by atoms with Gasteiger partial charge in [-0.15, -0.1) is 0 Å². The van der Waals surface area contributed by atoms with Gasteiger partial charge in [-0.25, -0.2) is 4.39 Å². The fraction of sp³-hybridized carbons (Fsp3) is 0.625. The normalized spacial score (nSPS) is 22.1. The molecule has 20 heavy (non-hydrogen) atoms. The van der Waals surface area contributed by atoms with Gasteiger partial charge in [0.2, 0.25) is 0 Å². The Hall–Kier alpha value is -0.970. The number of nitrogens with one attached hydrogen (secondary N) is 1. The first-order chi connectivity index (χ1) is 9.61. The van der Waals surface area contributed by atoms with Crippen LogP contribution in [0.25, 0.3) is 0 Å². The Bertz CT molecular complexity index is 422. The maximum atomic E-state index is 13.9. The molecule has 0 spiro atoms. The summed E-state index contributed by atoms with van der Waals surface area (Å²) in [4.78, 5) is 4.74. The zero-order chi connectivity index (χ0) is 14.5. The Kier molecular flexibility index (Phi) is 5.52. The highest BCUT2D eigenvalue weighted by Crippen LogP contribution is 2.21. The van der Waals surface area contributed by atoms with E-state index in [1.165, 1.54) is 12.8 Å². The molecule has 0 amide bonds. The highest BCUT2D eigenvalue weighted by Gasteiger charge is 2.24. The van der Waals surface area contributed by atoms with Crippen molar-refractivity contribution in [2.45, 2.75) is 24.9 Å². The fourth-order valence-electron chi connectivity index (χ4n) is 2.98. The Morgan fingerprint density at radius 2 is 2.15 bits per heavy atom. The lowest BCUT2D eigenvalue weighted by atomic mass is 10.0. The van der Waals surface area contributed by atoms with E-state index >= 15 is 0 Å². The van der Waals surface area contributed by atoms with Crippen LogP contribution < -0.4 is 5.32 Å². The number of hydrogen-bond acceptors (Lipinski definition) is 3. The summed E-state index contributed by atoms with van der Waals surface area (Å²) in [5.41, 5.74) is 0.766. The van der Waals surface area contributed by atoms with Gasteiger partial charge in [0.15, 0.2) is 0 Å². The Morgan fingerprint density at radius 1 is 1.40 bits per heavy atom. The molecule has 2 rings (SSSR count). The van der Waals surface area contributed by atoms with Crippen molar-refractivity contribution in [2.24, 2.45) is 0 Å². The SMILES string of the molecule is CNC(CN1CCCC(N(C)C)C1)c1ccccc1F. The number of hydrogen-bond donors (Lipinski definition) is 1. The molecule has 2 unspecified atom stereocenters. The van der Waals surface area contributed by atoms with Crippen LogP contribution in [0.2, 0.25) is 0 Å². The van der Waals surface area contributed by atoms with Gasteiger partial charge in [-0.05, 0) is 46.6 Å². The molecule has 0 radical (unpaired) electrons. The van der Waals surface area contributed by atoms with Gasteiger partial charge in [-0.2, -0.15) is 0 Å². The molecule has 1 aromatic carbocycles. The Balaban J connectivity index is 2.01. The first kappa shape index (κ1) is 15.4. The molecular weight excluding hydrogens is 253 g/mol. The molecule has 1 saturated heterocycles. The second-order valence-electron chi connectivity index (χ2n) is 5.88. The fourth-order valence-corrected chi connectivity index (χ4v) is 2.98. The van der Waals surface area contributed by atoms with Gasteiger partial charge in [0.05, 0.1) is 0 Å². The third-order valence-corrected chi connectivity index (χ3v) is 4.28. The zero-order valence-electron chi connectivity index (χ0n) is 12.8. The predicted octanol–water partition coefficient (Wildman–Crippen LogP) is 2.11. The summed E-state index contributed by atoms with van der Waals surface area (Å²) in [5, 5.41) is 3.26. The van der Waals surface area contributed by atoms with Crippen molar-refractivity contribution in [3.8, 4) is 0 Å². The highest BCUT2D eigenvalue weighted by atomic mass is 19.1. The Morgan fingerprint density at radius 3 is 2.80 bits per heavy atom. The van der Waals surface area contributed by atoms with E-state index in [1.807, 2.05) is 19.2 Å². The molecular formula is C16H26FN3. The van der Waals surface area contributed by atoms with Crippen LogP contribution in [0.1, 0.15) is 24.4 Å². The van der Waals surface area contributed by atoms with E-state index in [-0.39, 0.29) is 11.9 Å². The number of piperidine rings is 1. The molecule has 1 heterocycles. The Labute approximate surface area is 121 Å². The minimum absolute atomic E-state index is 0.0529. The van der Waals surface area contributed by atoms with E-state index < -0.39 is 0 Å². The minimum atomic E-state index is -0.118. The van der Waals surface area contributed by atoms with Crippen molar-refractivity contribution in [1.29, 1.82) is 0 Å². The lowest BCUT2D eigenvalue weighted by molar-refractivity contribution is 0.124. The van der Waals surface area contributed by atoms with E-state index in [9.17, 15) is 4.39 Å². The van der Waals surface area contributed by atoms with Crippen molar-refractivity contribution < 1.29 is 4.39 Å². The standard InChI is InChI=1S/C16H26FN3/c1-18-16(14-8-4-5-9-15(14)17)12-20-10-6-7-13(11-20)19(2)3/h4-5,8-9,13,16,18H,6-7,10-12H2,1-3H3. The molecule has 112 valence electrons. The first-order valence-electron chi connectivity index (χ1n) is 7.42. The van der Waals surface area contributed by atoms with Crippen LogP contribution in [-0.2, 0) is 0 Å². The molecule has 2 atom stereocenters. The molecule has 1 N–H and O–H groups in total. The van der Waals surface area contributed by atoms with Crippen molar-refractivity contribution in [3.05, 3.63) is 35.6 Å². The predicted molar refractivity (Wildman–Crippen MR) is 81.3 cm³/mol. The third-order valence-electron chi connectivity index (χ3n) is 4.28. The van der Waals surface area contributed by atoms with Crippen LogP contribution in [0, 0.1) is 5.82 Å². The van der Waals surface area contributed by atoms with Crippen LogP contribution in [0.5, 0.6) is 0 Å². The van der Waals surface area contributed by atoms with E-state index in [0.717, 1.165) is 25.2 Å². The molecule has 1 aliphatic heterocycles. The summed E-state index contributed by atoms with van der Waals surface area (Å²) in [5.74, 6) is -0.118. The van der Waals surface area contributed by atoms with Crippen molar-refractivity contribution in [1.82, 2.24) is 15.1 Å². The summed E-state index contributed by atoms with van der Waals surface area (Å²) >= 11 is 0. The maximum Gasteiger partial charge on any atom is 0.128 e. The first-order valence-corrected chi connectivity index (χ1v) is 7.42. The molecule has 1 aromatic rings. The minimum Gasteiger partial charge on any atom is -0.312 e. The number of likely N-dealkylation sites (N-methyl/N-ethyl adjacent to an activating group) is 2. The van der Waals surface area contributed by atoms with Gasteiger partial charge >= 0.3 is 0 Å². The van der Waals surface area contributed by atoms with E-state index in [0.29, 0.717) is 6.04 Å². The van der Waals surface area contributed by atoms with Gasteiger partial charge < -0.3 is 10.2 Å². The summed E-state index contributed by atoms with van der Waals surface area (Å²) in [7, 11) is 6.19. The summed E-state index contributed by atoms with van der Waals surface area (Å²) in [6.07, 6.45) is 2.48. The summed E-state index contributed by atoms with van der Waals surface area (Å²) in [6.45, 7) is 3.04. The lowest BCUT2D eigenvalue weighted by Crippen LogP contribution is -2.47. The highest BCUT2D eigenvalue weighted by molar-refractivity contribution is 5.21. The van der Waals surface area contributed by atoms with E-state index in [2.05, 4.69) is 29.2 Å². The summed E-state index contributed by atoms with van der Waals surface area (Å²) < 4.78 is 13.9. The van der Waals surface area contributed by atoms with Crippen LogP contribution in [0.4, 0.5) is 4.39 Å². The van der Waals surface area contributed by atoms with E-state index in [4.69, 9.17) is 0 Å². The topological polar surface area (TPSA) is 18.5 Å². The quantitative estimate of drug-likeness (QED) is 0.890. The smallest absolute Gasteiger partial charge is 0.128 e. The van der Waals surface area contributed by atoms with Gasteiger partial charge in [-0.3, -0.25) is 4.90 Å². The molecule has 0 saturated carbocycles. The average Bonchev–Trinajstić information content (AvgIpc) is 2.46. The van der Waals surface area contributed by atoms with Crippen molar-refractivity contribution in [3.63, 3.8) is 0 Å². The number of rotatable bonds is 5. The van der Waals surface area contributed by atoms with Gasteiger partial charge in [0.25, 0.3) is 0 Å². The number of nitrogens with zero attached hydrogens (tertiary/aromatic N) is 2. The number of benzene rings is 1. The van der Waals surface area contributed by atoms with Crippen molar-refractivity contribution >= 4 is 0 Å². The monoisotopic (exact) mass is 279 g/mol. The molecule has 1 aliphatic rings. The maximum absolute atomic E-state index is 13.9. The third kappa shape index (κ3) is 3.78. The van der Waals surface area contributed by atoms with Gasteiger partial charge in [0.1, 0.15) is 5.82 Å². The van der Waals surface area contributed by atoms with Crippen LogP contribution in [0.15, 0.2) is 24.3 Å². The summed E-state index contributed by atoms with van der Waals surface area (Å²) in [6, 6.07) is 7.73. The van der Waals surface area contributed by atoms with Gasteiger partial charge in [-0.1, -0.05) is 18.2 Å². The second-order valence-corrected chi connectivity index (χ2v) is 5.88. The molecule has 3 nitrogen and oxygen atoms in total. The van der Waals surface area contributed by atoms with E-state index in [1.54, 1.807) is 12.1 Å².